The molecule has 0 unspecified atom stereocenters. The minimum Gasteiger partial charge on any atom is -0.390 e. The number of rotatable bonds is 4. The predicted molar refractivity (Wildman–Crippen MR) is 76.3 cm³/mol. The summed E-state index contributed by atoms with van der Waals surface area (Å²) in [6.07, 6.45) is 6.54. The number of aromatic nitrogens is 4. The molecule has 0 radical (unpaired) electrons. The Labute approximate surface area is 120 Å². The number of benzene rings is 1. The SMILES string of the molecule is Cc1ccc(-n2cnc(Cn3ccnc3[N+](=O)[O-])c2)cc1. The first-order valence-corrected chi connectivity index (χ1v) is 6.39. The third-order valence-electron chi connectivity index (χ3n) is 3.16. The first-order valence-electron chi connectivity index (χ1n) is 6.39. The number of hydrogen-bond acceptors (Lipinski definition) is 4. The molecule has 0 saturated carbocycles. The Morgan fingerprint density at radius 2 is 2.00 bits per heavy atom. The van der Waals surface area contributed by atoms with Crippen molar-refractivity contribution in [1.82, 2.24) is 19.1 Å². The normalized spacial score (nSPS) is 10.7. The topological polar surface area (TPSA) is 78.8 Å². The van der Waals surface area contributed by atoms with Crippen LogP contribution in [0.2, 0.25) is 0 Å². The van der Waals surface area contributed by atoms with Gasteiger partial charge in [-0.1, -0.05) is 22.7 Å². The average molecular weight is 283 g/mol. The largest absolute Gasteiger partial charge is 0.434 e. The van der Waals surface area contributed by atoms with Crippen molar-refractivity contribution < 1.29 is 4.92 Å². The highest BCUT2D eigenvalue weighted by molar-refractivity contribution is 5.34. The molecular weight excluding hydrogens is 270 g/mol. The van der Waals surface area contributed by atoms with E-state index in [-0.39, 0.29) is 5.95 Å². The summed E-state index contributed by atoms with van der Waals surface area (Å²) in [5.41, 5.74) is 2.92. The molecule has 106 valence electrons. The molecule has 0 aliphatic rings. The Hall–Kier alpha value is -2.96. The highest BCUT2D eigenvalue weighted by Crippen LogP contribution is 2.13. The number of nitrogens with zero attached hydrogens (tertiary/aromatic N) is 5. The highest BCUT2D eigenvalue weighted by atomic mass is 16.6. The lowest BCUT2D eigenvalue weighted by Crippen LogP contribution is -2.04. The molecular formula is C14H13N5O2. The zero-order valence-corrected chi connectivity index (χ0v) is 11.4. The van der Waals surface area contributed by atoms with E-state index in [4.69, 9.17) is 0 Å². The Balaban J connectivity index is 1.83. The van der Waals surface area contributed by atoms with Crippen molar-refractivity contribution in [3.05, 3.63) is 70.6 Å². The minimum absolute atomic E-state index is 0.181. The van der Waals surface area contributed by atoms with Crippen molar-refractivity contribution in [2.24, 2.45) is 0 Å². The molecule has 0 fully saturated rings. The Kier molecular flexibility index (Phi) is 3.23. The molecule has 3 rings (SSSR count). The molecule has 0 amide bonds. The predicted octanol–water partition coefficient (Wildman–Crippen LogP) is 2.33. The van der Waals surface area contributed by atoms with E-state index in [2.05, 4.69) is 9.97 Å². The van der Waals surface area contributed by atoms with Crippen molar-refractivity contribution in [2.45, 2.75) is 13.5 Å². The van der Waals surface area contributed by atoms with E-state index in [1.54, 1.807) is 12.5 Å². The first kappa shape index (κ1) is 13.0. The fourth-order valence-corrected chi connectivity index (χ4v) is 2.07. The molecule has 2 aromatic heterocycles. The van der Waals surface area contributed by atoms with Gasteiger partial charge >= 0.3 is 5.95 Å². The number of imidazole rings is 2. The summed E-state index contributed by atoms with van der Waals surface area (Å²) in [4.78, 5) is 18.3. The van der Waals surface area contributed by atoms with Gasteiger partial charge in [0.15, 0.2) is 0 Å². The summed E-state index contributed by atoms with van der Waals surface area (Å²) in [6.45, 7) is 2.34. The van der Waals surface area contributed by atoms with E-state index >= 15 is 0 Å². The van der Waals surface area contributed by atoms with Crippen LogP contribution in [0.5, 0.6) is 0 Å². The van der Waals surface area contributed by atoms with Gasteiger partial charge in [0.1, 0.15) is 18.9 Å². The van der Waals surface area contributed by atoms with Crippen molar-refractivity contribution in [2.75, 3.05) is 0 Å². The van der Waals surface area contributed by atoms with Gasteiger partial charge in [0, 0.05) is 11.9 Å². The van der Waals surface area contributed by atoms with Crippen LogP contribution < -0.4 is 0 Å². The zero-order chi connectivity index (χ0) is 14.8. The maximum absolute atomic E-state index is 10.8. The summed E-state index contributed by atoms with van der Waals surface area (Å²) < 4.78 is 3.35. The van der Waals surface area contributed by atoms with Gasteiger partial charge in [-0.25, -0.2) is 9.55 Å². The van der Waals surface area contributed by atoms with Gasteiger partial charge in [-0.3, -0.25) is 0 Å². The first-order chi connectivity index (χ1) is 10.1. The quantitative estimate of drug-likeness (QED) is 0.543. The van der Waals surface area contributed by atoms with E-state index < -0.39 is 4.92 Å². The van der Waals surface area contributed by atoms with Crippen molar-refractivity contribution in [1.29, 1.82) is 0 Å². The van der Waals surface area contributed by atoms with E-state index in [0.29, 0.717) is 6.54 Å². The molecule has 0 atom stereocenters. The van der Waals surface area contributed by atoms with Gasteiger partial charge in [-0.15, -0.1) is 0 Å². The molecule has 0 spiro atoms. The third-order valence-corrected chi connectivity index (χ3v) is 3.16. The Bertz CT molecular complexity index is 773. The van der Waals surface area contributed by atoms with Gasteiger partial charge in [0.25, 0.3) is 0 Å². The van der Waals surface area contributed by atoms with Gasteiger partial charge in [0.2, 0.25) is 0 Å². The van der Waals surface area contributed by atoms with Crippen LogP contribution in [0, 0.1) is 17.0 Å². The van der Waals surface area contributed by atoms with E-state index in [1.807, 2.05) is 42.0 Å². The molecule has 21 heavy (non-hydrogen) atoms. The van der Waals surface area contributed by atoms with Crippen LogP contribution in [0.3, 0.4) is 0 Å². The lowest BCUT2D eigenvalue weighted by Gasteiger charge is -2.01. The Morgan fingerprint density at radius 1 is 1.24 bits per heavy atom. The summed E-state index contributed by atoms with van der Waals surface area (Å²) in [5, 5.41) is 10.8. The molecule has 0 bridgehead atoms. The van der Waals surface area contributed by atoms with Crippen LogP contribution in [-0.4, -0.2) is 24.0 Å². The van der Waals surface area contributed by atoms with E-state index in [0.717, 1.165) is 11.4 Å². The maximum Gasteiger partial charge on any atom is 0.434 e. The monoisotopic (exact) mass is 283 g/mol. The maximum atomic E-state index is 10.8. The van der Waals surface area contributed by atoms with Crippen LogP contribution in [0.1, 0.15) is 11.3 Å². The summed E-state index contributed by atoms with van der Waals surface area (Å²) >= 11 is 0. The average Bonchev–Trinajstić information content (AvgIpc) is 3.09. The summed E-state index contributed by atoms with van der Waals surface area (Å²) in [6, 6.07) is 8.05. The lowest BCUT2D eigenvalue weighted by molar-refractivity contribution is -0.396. The second kappa shape index (κ2) is 5.20. The van der Waals surface area contributed by atoms with Gasteiger partial charge < -0.3 is 14.7 Å². The minimum atomic E-state index is -0.503. The van der Waals surface area contributed by atoms with Gasteiger partial charge in [-0.2, -0.15) is 0 Å². The van der Waals surface area contributed by atoms with Gasteiger partial charge in [-0.05, 0) is 24.0 Å². The van der Waals surface area contributed by atoms with Gasteiger partial charge in [0.05, 0.1) is 12.0 Å². The van der Waals surface area contributed by atoms with Crippen LogP contribution in [-0.2, 0) is 6.54 Å². The standard InChI is InChI=1S/C14H13N5O2/c1-11-2-4-13(5-3-11)18-9-12(16-10-18)8-17-7-6-15-14(17)19(20)21/h2-7,9-10H,8H2,1H3. The molecule has 2 heterocycles. The molecule has 3 aromatic rings. The molecule has 1 aromatic carbocycles. The number of aryl methyl sites for hydroxylation is 1. The fraction of sp³-hybridized carbons (Fsp3) is 0.143. The third kappa shape index (κ3) is 2.66. The number of nitro groups is 1. The summed E-state index contributed by atoms with van der Waals surface area (Å²) in [5.74, 6) is -0.181. The van der Waals surface area contributed by atoms with Crippen LogP contribution in [0.4, 0.5) is 5.95 Å². The lowest BCUT2D eigenvalue weighted by atomic mass is 10.2. The molecule has 0 aliphatic heterocycles. The van der Waals surface area contributed by atoms with Crippen molar-refractivity contribution >= 4 is 5.95 Å². The van der Waals surface area contributed by atoms with Crippen molar-refractivity contribution in [3.8, 4) is 5.69 Å². The fourth-order valence-electron chi connectivity index (χ4n) is 2.07. The molecule has 0 N–H and O–H groups in total. The van der Waals surface area contributed by atoms with E-state index in [1.165, 1.54) is 16.3 Å². The summed E-state index contributed by atoms with van der Waals surface area (Å²) in [7, 11) is 0. The zero-order valence-electron chi connectivity index (χ0n) is 11.4. The molecule has 0 saturated heterocycles. The molecule has 0 aliphatic carbocycles. The van der Waals surface area contributed by atoms with Crippen LogP contribution in [0.15, 0.2) is 49.2 Å². The van der Waals surface area contributed by atoms with Crippen LogP contribution in [0.25, 0.3) is 5.69 Å². The second-order valence-corrected chi connectivity index (χ2v) is 4.72. The van der Waals surface area contributed by atoms with Crippen LogP contribution >= 0.6 is 0 Å². The molecule has 7 heteroatoms. The smallest absolute Gasteiger partial charge is 0.390 e. The highest BCUT2D eigenvalue weighted by Gasteiger charge is 2.15. The number of hydrogen-bond donors (Lipinski definition) is 0. The molecule has 7 nitrogen and oxygen atoms in total. The van der Waals surface area contributed by atoms with E-state index in [9.17, 15) is 10.1 Å². The Morgan fingerprint density at radius 3 is 2.71 bits per heavy atom. The second-order valence-electron chi connectivity index (χ2n) is 4.72. The van der Waals surface area contributed by atoms with Crippen molar-refractivity contribution in [3.63, 3.8) is 0 Å².